The highest BCUT2D eigenvalue weighted by molar-refractivity contribution is 6.01. The zero-order chi connectivity index (χ0) is 15.8. The van der Waals surface area contributed by atoms with Gasteiger partial charge in [0.15, 0.2) is 5.78 Å². The van der Waals surface area contributed by atoms with Crippen LogP contribution in [-0.4, -0.2) is 43.2 Å². The van der Waals surface area contributed by atoms with E-state index in [1.54, 1.807) is 6.92 Å². The highest BCUT2D eigenvalue weighted by Crippen LogP contribution is 2.13. The molecule has 0 aliphatic carbocycles. The van der Waals surface area contributed by atoms with E-state index in [9.17, 15) is 14.0 Å². The van der Waals surface area contributed by atoms with Crippen molar-refractivity contribution in [2.75, 3.05) is 20.3 Å². The number of carbonyl (C=O) groups is 2. The molecule has 21 heavy (non-hydrogen) atoms. The maximum atomic E-state index is 13.2. The maximum absolute atomic E-state index is 13.2. The number of carbonyl (C=O) groups excluding carboxylic acids is 2. The number of hydrogen-bond donors (Lipinski definition) is 2. The Morgan fingerprint density at radius 3 is 2.71 bits per heavy atom. The molecule has 5 nitrogen and oxygen atoms in total. The lowest BCUT2D eigenvalue weighted by atomic mass is 9.99. The molecule has 1 unspecified atom stereocenters. The fraction of sp³-hybridized carbons (Fsp3) is 0.467. The summed E-state index contributed by atoms with van der Waals surface area (Å²) >= 11 is 0. The number of halogens is 1. The van der Waals surface area contributed by atoms with E-state index in [0.29, 0.717) is 24.1 Å². The van der Waals surface area contributed by atoms with Gasteiger partial charge in [-0.25, -0.2) is 4.39 Å². The molecular formula is C15H20FNO4. The van der Waals surface area contributed by atoms with E-state index >= 15 is 0 Å². The molecule has 0 fully saturated rings. The third-order valence-corrected chi connectivity index (χ3v) is 3.08. The molecule has 2 N–H and O–H groups in total. The van der Waals surface area contributed by atoms with Crippen LogP contribution >= 0.6 is 0 Å². The third kappa shape index (κ3) is 5.24. The fourth-order valence-corrected chi connectivity index (χ4v) is 1.86. The summed E-state index contributed by atoms with van der Waals surface area (Å²) in [5.41, 5.74) is 0.701. The Balaban J connectivity index is 2.86. The molecule has 0 radical (unpaired) electrons. The number of benzene rings is 1. The summed E-state index contributed by atoms with van der Waals surface area (Å²) in [5, 5.41) is 11.7. The van der Waals surface area contributed by atoms with Crippen LogP contribution in [0.25, 0.3) is 0 Å². The van der Waals surface area contributed by atoms with Crippen molar-refractivity contribution in [1.29, 1.82) is 0 Å². The number of aryl methyl sites for hydroxylation is 1. The Labute approximate surface area is 123 Å². The lowest BCUT2D eigenvalue weighted by molar-refractivity contribution is -0.140. The quantitative estimate of drug-likeness (QED) is 0.429. The van der Waals surface area contributed by atoms with Crippen molar-refractivity contribution in [3.05, 3.63) is 35.1 Å². The molecule has 0 amide bonds. The summed E-state index contributed by atoms with van der Waals surface area (Å²) in [4.78, 5) is 23.8. The first kappa shape index (κ1) is 17.3. The normalized spacial score (nSPS) is 12.0. The number of Topliss-reactive ketones (excluding diaryl/α,β-unsaturated/α-hetero) is 1. The number of aliphatic hydroxyl groups excluding tert-OH is 1. The lowest BCUT2D eigenvalue weighted by Gasteiger charge is -2.16. The van der Waals surface area contributed by atoms with Crippen molar-refractivity contribution in [2.24, 2.45) is 0 Å². The van der Waals surface area contributed by atoms with Gasteiger partial charge in [0.25, 0.3) is 0 Å². The molecule has 1 aromatic rings. The van der Waals surface area contributed by atoms with Crippen molar-refractivity contribution in [2.45, 2.75) is 25.8 Å². The number of esters is 1. The number of nitrogens with one attached hydrogen (secondary N) is 1. The van der Waals surface area contributed by atoms with Crippen LogP contribution in [-0.2, 0) is 9.53 Å². The second kappa shape index (κ2) is 8.49. The van der Waals surface area contributed by atoms with Crippen LogP contribution in [0.1, 0.15) is 28.8 Å². The Hall–Kier alpha value is -1.79. The smallest absolute Gasteiger partial charge is 0.307 e. The Morgan fingerprint density at radius 1 is 1.43 bits per heavy atom. The third-order valence-electron chi connectivity index (χ3n) is 3.08. The molecule has 0 saturated carbocycles. The van der Waals surface area contributed by atoms with Crippen LogP contribution in [0.2, 0.25) is 0 Å². The van der Waals surface area contributed by atoms with Gasteiger partial charge in [-0.1, -0.05) is 0 Å². The zero-order valence-electron chi connectivity index (χ0n) is 12.2. The van der Waals surface area contributed by atoms with Crippen LogP contribution in [0.5, 0.6) is 0 Å². The van der Waals surface area contributed by atoms with Crippen LogP contribution in [0.4, 0.5) is 4.39 Å². The monoisotopic (exact) mass is 297 g/mol. The topological polar surface area (TPSA) is 75.6 Å². The molecule has 0 saturated heterocycles. The summed E-state index contributed by atoms with van der Waals surface area (Å²) < 4.78 is 17.8. The van der Waals surface area contributed by atoms with Gasteiger partial charge in [-0.2, -0.15) is 0 Å². The van der Waals surface area contributed by atoms with Gasteiger partial charge in [-0.15, -0.1) is 0 Å². The molecule has 116 valence electrons. The predicted octanol–water partition coefficient (Wildman–Crippen LogP) is 1.22. The van der Waals surface area contributed by atoms with Gasteiger partial charge in [-0.3, -0.25) is 9.59 Å². The molecule has 0 spiro atoms. The van der Waals surface area contributed by atoms with Gasteiger partial charge in [-0.05, 0) is 43.7 Å². The van der Waals surface area contributed by atoms with E-state index in [2.05, 4.69) is 10.1 Å². The minimum absolute atomic E-state index is 0.0121. The van der Waals surface area contributed by atoms with E-state index in [1.807, 2.05) is 0 Å². The van der Waals surface area contributed by atoms with Gasteiger partial charge in [0.1, 0.15) is 5.82 Å². The highest BCUT2D eigenvalue weighted by Gasteiger charge is 2.23. The van der Waals surface area contributed by atoms with Gasteiger partial charge in [0.05, 0.1) is 19.6 Å². The van der Waals surface area contributed by atoms with E-state index in [4.69, 9.17) is 5.11 Å². The molecule has 1 rings (SSSR count). The zero-order valence-corrected chi connectivity index (χ0v) is 12.2. The fourth-order valence-electron chi connectivity index (χ4n) is 1.86. The van der Waals surface area contributed by atoms with Crippen molar-refractivity contribution < 1.29 is 23.8 Å². The first-order valence-electron chi connectivity index (χ1n) is 6.71. The second-order valence-corrected chi connectivity index (χ2v) is 4.69. The number of ether oxygens (including phenoxy) is 1. The number of ketones is 1. The SMILES string of the molecule is COC(=O)CC(NCCCO)C(=O)c1ccc(F)c(C)c1. The molecular weight excluding hydrogens is 277 g/mol. The average Bonchev–Trinajstić information content (AvgIpc) is 2.48. The molecule has 1 aromatic carbocycles. The molecule has 1 atom stereocenters. The highest BCUT2D eigenvalue weighted by atomic mass is 19.1. The van der Waals surface area contributed by atoms with Crippen molar-refractivity contribution >= 4 is 11.8 Å². The van der Waals surface area contributed by atoms with E-state index in [-0.39, 0.29) is 24.6 Å². The van der Waals surface area contributed by atoms with Crippen molar-refractivity contribution in [3.63, 3.8) is 0 Å². The molecule has 0 aromatic heterocycles. The van der Waals surface area contributed by atoms with E-state index in [1.165, 1.54) is 25.3 Å². The Kier molecular flexibility index (Phi) is 6.98. The van der Waals surface area contributed by atoms with Crippen molar-refractivity contribution in [3.8, 4) is 0 Å². The largest absolute Gasteiger partial charge is 0.469 e. The van der Waals surface area contributed by atoms with Crippen LogP contribution < -0.4 is 5.32 Å². The predicted molar refractivity (Wildman–Crippen MR) is 75.6 cm³/mol. The average molecular weight is 297 g/mol. The van der Waals surface area contributed by atoms with Gasteiger partial charge >= 0.3 is 5.97 Å². The minimum Gasteiger partial charge on any atom is -0.469 e. The number of methoxy groups -OCH3 is 1. The number of aliphatic hydroxyl groups is 1. The van der Waals surface area contributed by atoms with Crippen molar-refractivity contribution in [1.82, 2.24) is 5.32 Å². The minimum atomic E-state index is -0.756. The van der Waals surface area contributed by atoms with Gasteiger partial charge in [0, 0.05) is 12.2 Å². The van der Waals surface area contributed by atoms with Crippen LogP contribution in [0, 0.1) is 12.7 Å². The van der Waals surface area contributed by atoms with Gasteiger partial charge < -0.3 is 15.2 Å². The Bertz CT molecular complexity index is 504. The first-order valence-corrected chi connectivity index (χ1v) is 6.71. The number of rotatable bonds is 8. The van der Waals surface area contributed by atoms with Crippen LogP contribution in [0.15, 0.2) is 18.2 Å². The Morgan fingerprint density at radius 2 is 2.14 bits per heavy atom. The summed E-state index contributed by atoms with van der Waals surface area (Å²) in [5.74, 6) is -1.20. The summed E-state index contributed by atoms with van der Waals surface area (Å²) in [6.45, 7) is 1.95. The second-order valence-electron chi connectivity index (χ2n) is 4.69. The molecule has 0 aliphatic heterocycles. The number of hydrogen-bond acceptors (Lipinski definition) is 5. The van der Waals surface area contributed by atoms with Gasteiger partial charge in [0.2, 0.25) is 0 Å². The molecule has 0 bridgehead atoms. The van der Waals surface area contributed by atoms with Crippen LogP contribution in [0.3, 0.4) is 0 Å². The molecule has 6 heteroatoms. The molecule has 0 heterocycles. The summed E-state index contributed by atoms with van der Waals surface area (Å²) in [6, 6.07) is 3.32. The molecule has 0 aliphatic rings. The first-order chi connectivity index (χ1) is 9.99. The van der Waals surface area contributed by atoms with E-state index in [0.717, 1.165) is 0 Å². The van der Waals surface area contributed by atoms with E-state index < -0.39 is 12.0 Å². The maximum Gasteiger partial charge on any atom is 0.307 e. The standard InChI is InChI=1S/C15H20FNO4/c1-10-8-11(4-5-12(10)16)15(20)13(9-14(19)21-2)17-6-3-7-18/h4-5,8,13,17-18H,3,6-7,9H2,1-2H3. The lowest BCUT2D eigenvalue weighted by Crippen LogP contribution is -2.39. The summed E-state index contributed by atoms with van der Waals surface area (Å²) in [7, 11) is 1.25. The summed E-state index contributed by atoms with van der Waals surface area (Å²) in [6.07, 6.45) is 0.352.